The molecule has 2 aromatic carbocycles. The van der Waals surface area contributed by atoms with Crippen LogP contribution in [0.1, 0.15) is 34.2 Å². The molecule has 0 saturated carbocycles. The van der Waals surface area contributed by atoms with Gasteiger partial charge in [0.15, 0.2) is 0 Å². The van der Waals surface area contributed by atoms with Gasteiger partial charge in [-0.3, -0.25) is 9.59 Å². The molecule has 0 aliphatic heterocycles. The molecule has 0 fully saturated rings. The summed E-state index contributed by atoms with van der Waals surface area (Å²) < 4.78 is 3.06. The Labute approximate surface area is 172 Å². The van der Waals surface area contributed by atoms with Crippen molar-refractivity contribution in [2.45, 2.75) is 27.3 Å². The Morgan fingerprint density at radius 2 is 1.79 bits per heavy atom. The molecule has 0 atom stereocenters. The molecule has 2 N–H and O–H groups in total. The lowest BCUT2D eigenvalue weighted by Crippen LogP contribution is -2.23. The molecule has 144 valence electrons. The van der Waals surface area contributed by atoms with E-state index in [1.54, 1.807) is 0 Å². The third-order valence-electron chi connectivity index (χ3n) is 4.44. The van der Waals surface area contributed by atoms with Gasteiger partial charge in [0.2, 0.25) is 5.91 Å². The quantitative estimate of drug-likeness (QED) is 0.602. The highest BCUT2D eigenvalue weighted by molar-refractivity contribution is 9.10. The smallest absolute Gasteiger partial charge is 0.253 e. The summed E-state index contributed by atoms with van der Waals surface area (Å²) in [6.07, 6.45) is 0. The van der Waals surface area contributed by atoms with Crippen LogP contribution in [0.3, 0.4) is 0 Å². The normalized spacial score (nSPS) is 10.6. The van der Waals surface area contributed by atoms with E-state index < -0.39 is 0 Å². The first kappa shape index (κ1) is 19.9. The van der Waals surface area contributed by atoms with Gasteiger partial charge in [-0.2, -0.15) is 0 Å². The molecule has 5 nitrogen and oxygen atoms in total. The number of aryl methyl sites for hydroxylation is 1. The van der Waals surface area contributed by atoms with Gasteiger partial charge < -0.3 is 15.2 Å². The Morgan fingerprint density at radius 1 is 1.04 bits per heavy atom. The molecule has 1 heterocycles. The second-order valence-electron chi connectivity index (χ2n) is 6.66. The molecule has 0 unspecified atom stereocenters. The van der Waals surface area contributed by atoms with Crippen molar-refractivity contribution in [3.8, 4) is 5.69 Å². The Bertz CT molecular complexity index is 1040. The van der Waals surface area contributed by atoms with Gasteiger partial charge in [0.1, 0.15) is 0 Å². The van der Waals surface area contributed by atoms with E-state index in [4.69, 9.17) is 0 Å². The van der Waals surface area contributed by atoms with Crippen molar-refractivity contribution in [3.63, 3.8) is 0 Å². The average Bonchev–Trinajstić information content (AvgIpc) is 2.94. The van der Waals surface area contributed by atoms with Crippen LogP contribution in [0.2, 0.25) is 0 Å². The molecular formula is C22H22BrN3O2. The molecule has 0 spiro atoms. The van der Waals surface area contributed by atoms with Crippen LogP contribution in [0.15, 0.2) is 59.1 Å². The van der Waals surface area contributed by atoms with E-state index in [0.29, 0.717) is 17.8 Å². The minimum absolute atomic E-state index is 0.124. The predicted molar refractivity (Wildman–Crippen MR) is 115 cm³/mol. The first-order valence-corrected chi connectivity index (χ1v) is 9.74. The number of amides is 2. The lowest BCUT2D eigenvalue weighted by molar-refractivity contribution is -0.114. The van der Waals surface area contributed by atoms with Crippen LogP contribution in [-0.4, -0.2) is 16.4 Å². The van der Waals surface area contributed by atoms with Gasteiger partial charge in [-0.05, 0) is 55.8 Å². The highest BCUT2D eigenvalue weighted by Gasteiger charge is 2.16. The number of anilines is 1. The Kier molecular flexibility index (Phi) is 5.99. The van der Waals surface area contributed by atoms with Gasteiger partial charge in [-0.1, -0.05) is 34.1 Å². The number of hydrogen-bond acceptors (Lipinski definition) is 2. The monoisotopic (exact) mass is 439 g/mol. The molecule has 6 heteroatoms. The fourth-order valence-electron chi connectivity index (χ4n) is 3.25. The van der Waals surface area contributed by atoms with Crippen LogP contribution >= 0.6 is 15.9 Å². The van der Waals surface area contributed by atoms with Crippen molar-refractivity contribution in [1.29, 1.82) is 0 Å². The van der Waals surface area contributed by atoms with E-state index in [0.717, 1.165) is 27.1 Å². The first-order valence-electron chi connectivity index (χ1n) is 8.95. The summed E-state index contributed by atoms with van der Waals surface area (Å²) in [5, 5.41) is 5.71. The predicted octanol–water partition coefficient (Wildman–Crippen LogP) is 4.75. The molecule has 0 aliphatic rings. The van der Waals surface area contributed by atoms with Gasteiger partial charge in [-0.25, -0.2) is 0 Å². The number of rotatable bonds is 5. The maximum atomic E-state index is 12.8. The summed E-state index contributed by atoms with van der Waals surface area (Å²) in [5.74, 6) is -0.250. The van der Waals surface area contributed by atoms with Gasteiger partial charge >= 0.3 is 0 Å². The second kappa shape index (κ2) is 8.44. The number of carbonyl (C=O) groups excluding carboxylic acids is 2. The average molecular weight is 440 g/mol. The summed E-state index contributed by atoms with van der Waals surface area (Å²) in [7, 11) is 0. The summed E-state index contributed by atoms with van der Waals surface area (Å²) in [6, 6.07) is 17.3. The minimum Gasteiger partial charge on any atom is -0.348 e. The number of nitrogens with one attached hydrogen (secondary N) is 2. The molecule has 1 aromatic heterocycles. The van der Waals surface area contributed by atoms with Crippen molar-refractivity contribution in [2.75, 3.05) is 5.32 Å². The highest BCUT2D eigenvalue weighted by Crippen LogP contribution is 2.23. The molecule has 0 bridgehead atoms. The second-order valence-corrected chi connectivity index (χ2v) is 7.58. The largest absolute Gasteiger partial charge is 0.348 e. The number of aromatic nitrogens is 1. The fourth-order valence-corrected chi connectivity index (χ4v) is 3.63. The van der Waals surface area contributed by atoms with Gasteiger partial charge in [0.05, 0.1) is 5.56 Å². The Balaban J connectivity index is 1.77. The minimum atomic E-state index is -0.126. The Hall–Kier alpha value is -2.86. The molecule has 28 heavy (non-hydrogen) atoms. The van der Waals surface area contributed by atoms with E-state index in [9.17, 15) is 9.59 Å². The topological polar surface area (TPSA) is 63.1 Å². The zero-order valence-electron chi connectivity index (χ0n) is 16.0. The molecule has 3 rings (SSSR count). The number of halogens is 1. The zero-order chi connectivity index (χ0) is 20.3. The summed E-state index contributed by atoms with van der Waals surface area (Å²) in [4.78, 5) is 24.0. The molecule has 2 amide bonds. The van der Waals surface area contributed by atoms with Crippen molar-refractivity contribution in [2.24, 2.45) is 0 Å². The maximum absolute atomic E-state index is 12.8. The Morgan fingerprint density at radius 3 is 2.50 bits per heavy atom. The third kappa shape index (κ3) is 4.51. The maximum Gasteiger partial charge on any atom is 0.253 e. The zero-order valence-corrected chi connectivity index (χ0v) is 17.6. The number of hydrogen-bond donors (Lipinski definition) is 2. The van der Waals surface area contributed by atoms with E-state index >= 15 is 0 Å². The van der Waals surface area contributed by atoms with Crippen LogP contribution < -0.4 is 10.6 Å². The van der Waals surface area contributed by atoms with Gasteiger partial charge in [-0.15, -0.1) is 0 Å². The van der Waals surface area contributed by atoms with Crippen molar-refractivity contribution in [1.82, 2.24) is 9.88 Å². The molecular weight excluding hydrogens is 418 g/mol. The summed E-state index contributed by atoms with van der Waals surface area (Å²) in [5.41, 5.74) is 5.17. The summed E-state index contributed by atoms with van der Waals surface area (Å²) >= 11 is 3.50. The molecule has 0 radical (unpaired) electrons. The lowest BCUT2D eigenvalue weighted by Gasteiger charge is -2.11. The highest BCUT2D eigenvalue weighted by atomic mass is 79.9. The molecule has 0 saturated heterocycles. The van der Waals surface area contributed by atoms with E-state index in [1.165, 1.54) is 6.92 Å². The van der Waals surface area contributed by atoms with Crippen molar-refractivity contribution < 1.29 is 9.59 Å². The van der Waals surface area contributed by atoms with E-state index in [2.05, 4.69) is 31.1 Å². The van der Waals surface area contributed by atoms with Crippen LogP contribution in [0.5, 0.6) is 0 Å². The SMILES string of the molecule is CC(=O)Nc1cccc(CNC(=O)c2cc(C)n(-c3cccc(Br)c3)c2C)c1. The van der Waals surface area contributed by atoms with Gasteiger partial charge in [0.25, 0.3) is 5.91 Å². The van der Waals surface area contributed by atoms with Gasteiger partial charge in [0, 0.05) is 40.7 Å². The van der Waals surface area contributed by atoms with Crippen LogP contribution in [0.25, 0.3) is 5.69 Å². The number of nitrogens with zero attached hydrogens (tertiary/aromatic N) is 1. The van der Waals surface area contributed by atoms with Crippen LogP contribution in [0, 0.1) is 13.8 Å². The third-order valence-corrected chi connectivity index (χ3v) is 4.94. The van der Waals surface area contributed by atoms with Crippen LogP contribution in [0.4, 0.5) is 5.69 Å². The molecule has 3 aromatic rings. The summed E-state index contributed by atoms with van der Waals surface area (Å²) in [6.45, 7) is 5.78. The number of benzene rings is 2. The van der Waals surface area contributed by atoms with E-state index in [1.807, 2.05) is 68.4 Å². The number of carbonyl (C=O) groups is 2. The first-order chi connectivity index (χ1) is 13.3. The lowest BCUT2D eigenvalue weighted by atomic mass is 10.2. The van der Waals surface area contributed by atoms with E-state index in [-0.39, 0.29) is 11.8 Å². The van der Waals surface area contributed by atoms with Crippen molar-refractivity contribution >= 4 is 33.4 Å². The van der Waals surface area contributed by atoms with Crippen molar-refractivity contribution in [3.05, 3.63) is 81.6 Å². The molecule has 0 aliphatic carbocycles. The standard InChI is InChI=1S/C22H22BrN3O2/c1-14-10-21(15(2)26(14)20-9-5-7-18(23)12-20)22(28)24-13-17-6-4-8-19(11-17)25-16(3)27/h4-12H,13H2,1-3H3,(H,24,28)(H,25,27). The van der Waals surface area contributed by atoms with Crippen LogP contribution in [-0.2, 0) is 11.3 Å². The fraction of sp³-hybridized carbons (Fsp3) is 0.182.